The molecule has 0 heterocycles. The van der Waals surface area contributed by atoms with Crippen LogP contribution in [-0.2, 0) is 0 Å². The van der Waals surface area contributed by atoms with Crippen LogP contribution in [0, 0.1) is 0 Å². The average Bonchev–Trinajstić information content (AvgIpc) is 2.53. The second kappa shape index (κ2) is 5.78. The third-order valence-corrected chi connectivity index (χ3v) is 3.63. The Hall–Kier alpha value is -3.00. The van der Waals surface area contributed by atoms with Crippen LogP contribution in [0.3, 0.4) is 0 Å². The van der Waals surface area contributed by atoms with Gasteiger partial charge in [0.25, 0.3) is 0 Å². The van der Waals surface area contributed by atoms with Crippen molar-refractivity contribution in [1.82, 2.24) is 0 Å². The summed E-state index contributed by atoms with van der Waals surface area (Å²) >= 11 is 0. The first-order chi connectivity index (χ1) is 10.7. The number of aromatic hydroxyl groups is 2. The molecular weight excluding hydrogens is 272 g/mol. The summed E-state index contributed by atoms with van der Waals surface area (Å²) in [5, 5.41) is 21.0. The zero-order valence-corrected chi connectivity index (χ0v) is 12.0. The first-order valence-corrected chi connectivity index (χ1v) is 7.02. The van der Waals surface area contributed by atoms with Crippen LogP contribution >= 0.6 is 0 Å². The molecule has 3 aromatic carbocycles. The zero-order valence-electron chi connectivity index (χ0n) is 12.0. The summed E-state index contributed by atoms with van der Waals surface area (Å²) in [6.07, 6.45) is 5.85. The maximum Gasteiger partial charge on any atom is 0.116 e. The van der Waals surface area contributed by atoms with Gasteiger partial charge in [-0.15, -0.1) is 0 Å². The first-order valence-electron chi connectivity index (χ1n) is 7.02. The standard InChI is InChI=1S/C20H16O2/c1-2-15-6-7-16-13-18(22)10-12-20(16)19(15)11-5-14-3-8-17(21)9-4-14/h2-13,21-22H,1H2. The monoisotopic (exact) mass is 288 g/mol. The van der Waals surface area contributed by atoms with E-state index in [9.17, 15) is 10.2 Å². The predicted molar refractivity (Wildman–Crippen MR) is 92.7 cm³/mol. The van der Waals surface area contributed by atoms with E-state index in [1.807, 2.05) is 48.6 Å². The molecule has 0 amide bonds. The Morgan fingerprint density at radius 2 is 1.50 bits per heavy atom. The Morgan fingerprint density at radius 1 is 0.773 bits per heavy atom. The van der Waals surface area contributed by atoms with E-state index in [1.54, 1.807) is 24.3 Å². The third-order valence-electron chi connectivity index (χ3n) is 3.63. The van der Waals surface area contributed by atoms with E-state index in [4.69, 9.17) is 0 Å². The second-order valence-corrected chi connectivity index (χ2v) is 5.10. The van der Waals surface area contributed by atoms with Gasteiger partial charge in [-0.1, -0.05) is 55.1 Å². The molecule has 0 unspecified atom stereocenters. The van der Waals surface area contributed by atoms with Gasteiger partial charge in [0.2, 0.25) is 0 Å². The van der Waals surface area contributed by atoms with Crippen LogP contribution in [0.1, 0.15) is 16.7 Å². The molecule has 0 aliphatic rings. The Bertz CT molecular complexity index is 859. The lowest BCUT2D eigenvalue weighted by Crippen LogP contribution is -1.84. The van der Waals surface area contributed by atoms with Crippen molar-refractivity contribution in [3.05, 3.63) is 77.9 Å². The molecule has 2 heteroatoms. The van der Waals surface area contributed by atoms with Crippen LogP contribution in [0.25, 0.3) is 29.0 Å². The molecule has 0 spiro atoms. The SMILES string of the molecule is C=Cc1ccc2cc(O)ccc2c1C=Cc1ccc(O)cc1. The van der Waals surface area contributed by atoms with Crippen LogP contribution in [-0.4, -0.2) is 10.2 Å². The summed E-state index contributed by atoms with van der Waals surface area (Å²) in [5.74, 6) is 0.511. The topological polar surface area (TPSA) is 40.5 Å². The summed E-state index contributed by atoms with van der Waals surface area (Å²) in [5.41, 5.74) is 3.09. The number of fused-ring (bicyclic) bond motifs is 1. The number of hydrogen-bond donors (Lipinski definition) is 2. The Morgan fingerprint density at radius 3 is 2.23 bits per heavy atom. The highest BCUT2D eigenvalue weighted by molar-refractivity contribution is 5.96. The van der Waals surface area contributed by atoms with E-state index >= 15 is 0 Å². The highest BCUT2D eigenvalue weighted by atomic mass is 16.3. The van der Waals surface area contributed by atoms with Crippen molar-refractivity contribution < 1.29 is 10.2 Å². The number of hydrogen-bond acceptors (Lipinski definition) is 2. The fourth-order valence-corrected chi connectivity index (χ4v) is 2.49. The van der Waals surface area contributed by atoms with E-state index in [2.05, 4.69) is 6.58 Å². The summed E-state index contributed by atoms with van der Waals surface area (Å²) in [6, 6.07) is 16.4. The number of benzene rings is 3. The number of phenols is 2. The molecular formula is C20H16O2. The zero-order chi connectivity index (χ0) is 15.5. The molecule has 0 saturated heterocycles. The maximum absolute atomic E-state index is 9.62. The van der Waals surface area contributed by atoms with Crippen LogP contribution in [0.2, 0.25) is 0 Å². The van der Waals surface area contributed by atoms with Gasteiger partial charge in [-0.25, -0.2) is 0 Å². The van der Waals surface area contributed by atoms with E-state index < -0.39 is 0 Å². The molecule has 3 aromatic rings. The minimum Gasteiger partial charge on any atom is -0.508 e. The molecule has 0 radical (unpaired) electrons. The van der Waals surface area contributed by atoms with Gasteiger partial charge >= 0.3 is 0 Å². The van der Waals surface area contributed by atoms with Gasteiger partial charge in [0.15, 0.2) is 0 Å². The Labute approximate surface area is 129 Å². The summed E-state index contributed by atoms with van der Waals surface area (Å²) < 4.78 is 0. The summed E-state index contributed by atoms with van der Waals surface area (Å²) in [6.45, 7) is 3.87. The highest BCUT2D eigenvalue weighted by Gasteiger charge is 2.04. The molecule has 0 aromatic heterocycles. The quantitative estimate of drug-likeness (QED) is 0.661. The van der Waals surface area contributed by atoms with E-state index in [1.165, 1.54) is 0 Å². The fraction of sp³-hybridized carbons (Fsp3) is 0. The smallest absolute Gasteiger partial charge is 0.116 e. The van der Waals surface area contributed by atoms with Gasteiger partial charge in [-0.2, -0.15) is 0 Å². The van der Waals surface area contributed by atoms with Crippen molar-refractivity contribution in [1.29, 1.82) is 0 Å². The summed E-state index contributed by atoms with van der Waals surface area (Å²) in [7, 11) is 0. The van der Waals surface area contributed by atoms with Crippen molar-refractivity contribution in [2.45, 2.75) is 0 Å². The largest absolute Gasteiger partial charge is 0.508 e. The van der Waals surface area contributed by atoms with Gasteiger partial charge in [0.1, 0.15) is 11.5 Å². The Balaban J connectivity index is 2.11. The van der Waals surface area contributed by atoms with Crippen LogP contribution < -0.4 is 0 Å². The molecule has 0 atom stereocenters. The average molecular weight is 288 g/mol. The normalized spacial score (nSPS) is 11.1. The van der Waals surface area contributed by atoms with Crippen molar-refractivity contribution >= 4 is 29.0 Å². The lowest BCUT2D eigenvalue weighted by molar-refractivity contribution is 0.475. The molecule has 2 nitrogen and oxygen atoms in total. The molecule has 108 valence electrons. The summed E-state index contributed by atoms with van der Waals surface area (Å²) in [4.78, 5) is 0. The van der Waals surface area contributed by atoms with Gasteiger partial charge in [0, 0.05) is 0 Å². The minimum absolute atomic E-state index is 0.254. The Kier molecular flexibility index (Phi) is 3.67. The van der Waals surface area contributed by atoms with Crippen LogP contribution in [0.4, 0.5) is 0 Å². The van der Waals surface area contributed by atoms with Crippen molar-refractivity contribution in [3.63, 3.8) is 0 Å². The lowest BCUT2D eigenvalue weighted by atomic mass is 9.97. The third kappa shape index (κ3) is 2.72. The van der Waals surface area contributed by atoms with Crippen molar-refractivity contribution in [2.75, 3.05) is 0 Å². The highest BCUT2D eigenvalue weighted by Crippen LogP contribution is 2.28. The first kappa shape index (κ1) is 14.0. The van der Waals surface area contributed by atoms with Crippen LogP contribution in [0.5, 0.6) is 11.5 Å². The van der Waals surface area contributed by atoms with Crippen LogP contribution in [0.15, 0.2) is 61.2 Å². The van der Waals surface area contributed by atoms with E-state index in [0.29, 0.717) is 0 Å². The van der Waals surface area contributed by atoms with E-state index in [-0.39, 0.29) is 11.5 Å². The minimum atomic E-state index is 0.254. The molecule has 0 aliphatic carbocycles. The maximum atomic E-state index is 9.62. The van der Waals surface area contributed by atoms with Crippen molar-refractivity contribution in [2.24, 2.45) is 0 Å². The van der Waals surface area contributed by atoms with Gasteiger partial charge < -0.3 is 10.2 Å². The predicted octanol–water partition coefficient (Wildman–Crippen LogP) is 5.06. The lowest BCUT2D eigenvalue weighted by Gasteiger charge is -2.07. The number of rotatable bonds is 3. The molecule has 0 bridgehead atoms. The molecule has 22 heavy (non-hydrogen) atoms. The molecule has 0 saturated carbocycles. The second-order valence-electron chi connectivity index (χ2n) is 5.10. The molecule has 2 N–H and O–H groups in total. The molecule has 3 rings (SSSR count). The fourth-order valence-electron chi connectivity index (χ4n) is 2.49. The molecule has 0 aliphatic heterocycles. The molecule has 0 fully saturated rings. The van der Waals surface area contributed by atoms with Crippen molar-refractivity contribution in [3.8, 4) is 11.5 Å². The number of phenolic OH excluding ortho intramolecular Hbond substituents is 2. The van der Waals surface area contributed by atoms with Gasteiger partial charge in [0.05, 0.1) is 0 Å². The van der Waals surface area contributed by atoms with Gasteiger partial charge in [-0.3, -0.25) is 0 Å². The van der Waals surface area contributed by atoms with E-state index in [0.717, 1.165) is 27.5 Å². The van der Waals surface area contributed by atoms with Gasteiger partial charge in [-0.05, 0) is 51.7 Å².